The van der Waals surface area contributed by atoms with Gasteiger partial charge in [-0.3, -0.25) is 4.90 Å². The van der Waals surface area contributed by atoms with Crippen LogP contribution in [0, 0.1) is 6.92 Å². The molecule has 5 heteroatoms. The van der Waals surface area contributed by atoms with Crippen molar-refractivity contribution in [1.82, 2.24) is 15.5 Å². The van der Waals surface area contributed by atoms with Crippen molar-refractivity contribution >= 4 is 29.9 Å². The number of likely N-dealkylation sites (tertiary alicyclic amines) is 1. The summed E-state index contributed by atoms with van der Waals surface area (Å²) >= 11 is 0. The van der Waals surface area contributed by atoms with Crippen LogP contribution in [0.25, 0.3) is 0 Å². The maximum atomic E-state index is 4.78. The lowest BCUT2D eigenvalue weighted by molar-refractivity contribution is 0.242. The molecule has 25 heavy (non-hydrogen) atoms. The average Bonchev–Trinajstić information content (AvgIpc) is 3.25. The number of hydrogen-bond acceptors (Lipinski definition) is 2. The minimum absolute atomic E-state index is 0. The van der Waals surface area contributed by atoms with E-state index in [1.165, 1.54) is 56.3 Å². The second-order valence-electron chi connectivity index (χ2n) is 7.24. The van der Waals surface area contributed by atoms with Gasteiger partial charge in [0.1, 0.15) is 0 Å². The summed E-state index contributed by atoms with van der Waals surface area (Å²) in [5.41, 5.74) is 2.56. The number of aryl methyl sites for hydroxylation is 1. The molecule has 0 aromatic heterocycles. The normalized spacial score (nSPS) is 22.0. The minimum Gasteiger partial charge on any atom is -0.357 e. The van der Waals surface area contributed by atoms with E-state index in [2.05, 4.69) is 53.6 Å². The van der Waals surface area contributed by atoms with Gasteiger partial charge in [0, 0.05) is 31.7 Å². The summed E-state index contributed by atoms with van der Waals surface area (Å²) in [5.74, 6) is 0.955. The molecule has 1 saturated carbocycles. The number of halogens is 1. The van der Waals surface area contributed by atoms with Crippen molar-refractivity contribution in [1.29, 1.82) is 0 Å². The van der Waals surface area contributed by atoms with Crippen molar-refractivity contribution in [2.24, 2.45) is 4.99 Å². The molecule has 1 heterocycles. The molecule has 0 bridgehead atoms. The van der Waals surface area contributed by atoms with Gasteiger partial charge in [0.25, 0.3) is 0 Å². The van der Waals surface area contributed by atoms with Crippen molar-refractivity contribution in [3.8, 4) is 0 Å². The highest BCUT2D eigenvalue weighted by atomic mass is 127. The first-order chi connectivity index (χ1) is 11.7. The fourth-order valence-corrected chi connectivity index (χ4v) is 3.88. The zero-order valence-corrected chi connectivity index (χ0v) is 18.0. The Bertz CT molecular complexity index is 537. The minimum atomic E-state index is 0. The number of benzene rings is 1. The van der Waals surface area contributed by atoms with Crippen LogP contribution in [0.5, 0.6) is 0 Å². The second-order valence-corrected chi connectivity index (χ2v) is 7.24. The third-order valence-corrected chi connectivity index (χ3v) is 5.29. The summed E-state index contributed by atoms with van der Waals surface area (Å²) in [7, 11) is 0. The van der Waals surface area contributed by atoms with Crippen LogP contribution in [0.2, 0.25) is 0 Å². The highest BCUT2D eigenvalue weighted by Crippen LogP contribution is 2.26. The van der Waals surface area contributed by atoms with E-state index < -0.39 is 0 Å². The van der Waals surface area contributed by atoms with Crippen LogP contribution >= 0.6 is 24.0 Å². The molecule has 1 aromatic carbocycles. The van der Waals surface area contributed by atoms with Gasteiger partial charge >= 0.3 is 0 Å². The summed E-state index contributed by atoms with van der Waals surface area (Å²) in [4.78, 5) is 7.46. The SMILES string of the molecule is CCNC(=NCc1ccc(C)cc1)NC1CCN(C2CCCC2)C1.I. The van der Waals surface area contributed by atoms with E-state index in [0.717, 1.165) is 25.1 Å². The summed E-state index contributed by atoms with van der Waals surface area (Å²) in [6.07, 6.45) is 6.86. The maximum absolute atomic E-state index is 4.78. The molecule has 1 atom stereocenters. The molecule has 1 aliphatic carbocycles. The Hall–Kier alpha value is -0.820. The molecule has 0 radical (unpaired) electrons. The van der Waals surface area contributed by atoms with Crippen molar-refractivity contribution in [2.75, 3.05) is 19.6 Å². The topological polar surface area (TPSA) is 39.7 Å². The molecule has 1 saturated heterocycles. The van der Waals surface area contributed by atoms with Gasteiger partial charge in [-0.2, -0.15) is 0 Å². The van der Waals surface area contributed by atoms with Gasteiger partial charge in [-0.25, -0.2) is 4.99 Å². The molecular weight excluding hydrogens is 423 g/mol. The molecule has 140 valence electrons. The third-order valence-electron chi connectivity index (χ3n) is 5.29. The standard InChI is InChI=1S/C20H32N4.HI/c1-3-21-20(22-14-17-10-8-16(2)9-11-17)23-18-12-13-24(15-18)19-6-4-5-7-19;/h8-11,18-19H,3-7,12-15H2,1-2H3,(H2,21,22,23);1H. The monoisotopic (exact) mass is 456 g/mol. The first kappa shape index (κ1) is 20.5. The number of nitrogens with one attached hydrogen (secondary N) is 2. The maximum Gasteiger partial charge on any atom is 0.191 e. The quantitative estimate of drug-likeness (QED) is 0.404. The van der Waals surface area contributed by atoms with Crippen LogP contribution in [0.3, 0.4) is 0 Å². The molecule has 2 aliphatic rings. The van der Waals surface area contributed by atoms with Crippen molar-refractivity contribution in [3.63, 3.8) is 0 Å². The van der Waals surface area contributed by atoms with Crippen molar-refractivity contribution < 1.29 is 0 Å². The predicted molar refractivity (Wildman–Crippen MR) is 117 cm³/mol. The molecule has 2 fully saturated rings. The van der Waals surface area contributed by atoms with Gasteiger partial charge in [0.05, 0.1) is 6.54 Å². The Morgan fingerprint density at radius 2 is 1.88 bits per heavy atom. The Balaban J connectivity index is 0.00000225. The Labute approximate surface area is 169 Å². The van der Waals surface area contributed by atoms with E-state index in [1.807, 2.05) is 0 Å². The van der Waals surface area contributed by atoms with Crippen molar-refractivity contribution in [3.05, 3.63) is 35.4 Å². The van der Waals surface area contributed by atoms with E-state index in [0.29, 0.717) is 6.04 Å². The summed E-state index contributed by atoms with van der Waals surface area (Å²) in [6, 6.07) is 10.0. The lowest BCUT2D eigenvalue weighted by atomic mass is 10.1. The Morgan fingerprint density at radius 3 is 2.56 bits per heavy atom. The van der Waals surface area contributed by atoms with E-state index in [4.69, 9.17) is 4.99 Å². The van der Waals surface area contributed by atoms with E-state index >= 15 is 0 Å². The molecule has 1 aliphatic heterocycles. The van der Waals surface area contributed by atoms with Gasteiger partial charge in [-0.05, 0) is 38.7 Å². The number of rotatable bonds is 5. The first-order valence-corrected chi connectivity index (χ1v) is 9.59. The molecule has 2 N–H and O–H groups in total. The highest BCUT2D eigenvalue weighted by Gasteiger charge is 2.30. The Morgan fingerprint density at radius 1 is 1.16 bits per heavy atom. The van der Waals surface area contributed by atoms with Crippen LogP contribution in [0.15, 0.2) is 29.3 Å². The van der Waals surface area contributed by atoms with Gasteiger partial charge < -0.3 is 10.6 Å². The molecular formula is C20H33IN4. The summed E-state index contributed by atoms with van der Waals surface area (Å²) in [5, 5.41) is 7.05. The Kier molecular flexibility index (Phi) is 8.49. The van der Waals surface area contributed by atoms with Crippen LogP contribution in [-0.4, -0.2) is 42.6 Å². The lowest BCUT2D eigenvalue weighted by Gasteiger charge is -2.24. The van der Waals surface area contributed by atoms with Gasteiger partial charge in [0.2, 0.25) is 0 Å². The van der Waals surface area contributed by atoms with Crippen molar-refractivity contribution in [2.45, 2.75) is 64.6 Å². The van der Waals surface area contributed by atoms with Gasteiger partial charge in [0.15, 0.2) is 5.96 Å². The molecule has 0 amide bonds. The van der Waals surface area contributed by atoms with E-state index in [-0.39, 0.29) is 24.0 Å². The van der Waals surface area contributed by atoms with Crippen LogP contribution in [0.4, 0.5) is 0 Å². The number of nitrogens with zero attached hydrogens (tertiary/aromatic N) is 2. The molecule has 0 spiro atoms. The third kappa shape index (κ3) is 6.13. The smallest absolute Gasteiger partial charge is 0.191 e. The second kappa shape index (κ2) is 10.4. The fraction of sp³-hybridized carbons (Fsp3) is 0.650. The molecule has 1 unspecified atom stereocenters. The zero-order valence-electron chi connectivity index (χ0n) is 15.6. The number of aliphatic imine (C=N–C) groups is 1. The van der Waals surface area contributed by atoms with Crippen LogP contribution < -0.4 is 10.6 Å². The largest absolute Gasteiger partial charge is 0.357 e. The molecule has 1 aromatic rings. The van der Waals surface area contributed by atoms with E-state index in [1.54, 1.807) is 0 Å². The summed E-state index contributed by atoms with van der Waals surface area (Å²) in [6.45, 7) is 8.28. The lowest BCUT2D eigenvalue weighted by Crippen LogP contribution is -2.45. The molecule has 4 nitrogen and oxygen atoms in total. The molecule has 3 rings (SSSR count). The van der Waals surface area contributed by atoms with Gasteiger partial charge in [-0.15, -0.1) is 24.0 Å². The first-order valence-electron chi connectivity index (χ1n) is 9.59. The van der Waals surface area contributed by atoms with Gasteiger partial charge in [-0.1, -0.05) is 42.7 Å². The van der Waals surface area contributed by atoms with Crippen LogP contribution in [0.1, 0.15) is 50.2 Å². The van der Waals surface area contributed by atoms with E-state index in [9.17, 15) is 0 Å². The fourth-order valence-electron chi connectivity index (χ4n) is 3.88. The predicted octanol–water partition coefficient (Wildman–Crippen LogP) is 3.69. The van der Waals surface area contributed by atoms with Crippen LogP contribution in [-0.2, 0) is 6.54 Å². The highest BCUT2D eigenvalue weighted by molar-refractivity contribution is 14.0. The average molecular weight is 456 g/mol. The number of hydrogen-bond donors (Lipinski definition) is 2. The number of guanidine groups is 1. The zero-order chi connectivity index (χ0) is 16.8. The summed E-state index contributed by atoms with van der Waals surface area (Å²) < 4.78 is 0.